The highest BCUT2D eigenvalue weighted by Crippen LogP contribution is 2.06. The molecular weight excluding hydrogens is 258 g/mol. The summed E-state index contributed by atoms with van der Waals surface area (Å²) < 4.78 is 1.19. The zero-order chi connectivity index (χ0) is 15.3. The summed E-state index contributed by atoms with van der Waals surface area (Å²) >= 11 is 0. The van der Waals surface area contributed by atoms with Crippen molar-refractivity contribution in [2.45, 2.75) is 33.6 Å². The molecule has 1 heterocycles. The summed E-state index contributed by atoms with van der Waals surface area (Å²) in [5.41, 5.74) is 1.07. The van der Waals surface area contributed by atoms with Crippen molar-refractivity contribution in [3.8, 4) is 0 Å². The van der Waals surface area contributed by atoms with E-state index < -0.39 is 0 Å². The van der Waals surface area contributed by atoms with Crippen molar-refractivity contribution >= 4 is 5.91 Å². The lowest BCUT2D eigenvalue weighted by molar-refractivity contribution is 0.0949. The van der Waals surface area contributed by atoms with Crippen molar-refractivity contribution in [3.05, 3.63) is 27.2 Å². The number of aryl methyl sites for hydroxylation is 2. The van der Waals surface area contributed by atoms with Crippen molar-refractivity contribution < 1.29 is 9.90 Å². The minimum atomic E-state index is -0.380. The number of nitrogens with zero attached hydrogens (tertiary/aromatic N) is 2. The van der Waals surface area contributed by atoms with Crippen molar-refractivity contribution in [2.75, 3.05) is 13.2 Å². The fourth-order valence-corrected chi connectivity index (χ4v) is 1.95. The first-order chi connectivity index (χ1) is 9.38. The van der Waals surface area contributed by atoms with Gasteiger partial charge in [-0.25, -0.2) is 4.68 Å². The molecule has 1 atom stereocenters. The second kappa shape index (κ2) is 7.19. The maximum absolute atomic E-state index is 12.1. The van der Waals surface area contributed by atoms with Crippen molar-refractivity contribution in [1.29, 1.82) is 0 Å². The molecule has 20 heavy (non-hydrogen) atoms. The van der Waals surface area contributed by atoms with Crippen LogP contribution >= 0.6 is 0 Å². The van der Waals surface area contributed by atoms with Crippen molar-refractivity contribution in [2.24, 2.45) is 13.0 Å². The topological polar surface area (TPSA) is 84.2 Å². The van der Waals surface area contributed by atoms with Gasteiger partial charge in [0, 0.05) is 20.2 Å². The Morgan fingerprint density at radius 1 is 1.45 bits per heavy atom. The van der Waals surface area contributed by atoms with Crippen molar-refractivity contribution in [1.82, 2.24) is 15.1 Å². The van der Waals surface area contributed by atoms with Gasteiger partial charge in [-0.05, 0) is 38.2 Å². The Bertz CT molecular complexity index is 537. The molecule has 0 saturated heterocycles. The van der Waals surface area contributed by atoms with Gasteiger partial charge in [-0.2, -0.15) is 5.10 Å². The predicted octanol–water partition coefficient (Wildman–Crippen LogP) is 0.536. The highest BCUT2D eigenvalue weighted by atomic mass is 16.3. The van der Waals surface area contributed by atoms with Gasteiger partial charge in [0.15, 0.2) is 0 Å². The van der Waals surface area contributed by atoms with Gasteiger partial charge < -0.3 is 10.4 Å². The third kappa shape index (κ3) is 3.90. The normalized spacial score (nSPS) is 12.2. The first kappa shape index (κ1) is 16.4. The Labute approximate surface area is 118 Å². The van der Waals surface area contributed by atoms with Gasteiger partial charge in [-0.3, -0.25) is 9.59 Å². The van der Waals surface area contributed by atoms with Gasteiger partial charge in [-0.1, -0.05) is 6.92 Å². The SMILES string of the molecule is Cc1nn(C)c(=O)c(C(=O)NCCCC(C)CO)c1C. The Morgan fingerprint density at radius 3 is 2.70 bits per heavy atom. The molecule has 0 aliphatic rings. The lowest BCUT2D eigenvalue weighted by Crippen LogP contribution is -2.35. The molecule has 0 bridgehead atoms. The monoisotopic (exact) mass is 281 g/mol. The molecule has 1 unspecified atom stereocenters. The Kier molecular flexibility index (Phi) is 5.88. The fourth-order valence-electron chi connectivity index (χ4n) is 1.95. The summed E-state index contributed by atoms with van der Waals surface area (Å²) in [7, 11) is 1.54. The number of carbonyl (C=O) groups excluding carboxylic acids is 1. The van der Waals surface area contributed by atoms with Crippen LogP contribution < -0.4 is 10.9 Å². The average Bonchev–Trinajstić information content (AvgIpc) is 2.41. The number of hydrogen-bond donors (Lipinski definition) is 2. The minimum absolute atomic E-state index is 0.150. The van der Waals surface area contributed by atoms with E-state index in [0.29, 0.717) is 17.8 Å². The molecule has 0 fully saturated rings. The Balaban J connectivity index is 2.72. The molecule has 1 aromatic heterocycles. The van der Waals surface area contributed by atoms with E-state index in [1.54, 1.807) is 13.8 Å². The lowest BCUT2D eigenvalue weighted by atomic mass is 10.1. The van der Waals surface area contributed by atoms with Crippen LogP contribution in [0.15, 0.2) is 4.79 Å². The number of aliphatic hydroxyl groups is 1. The number of amides is 1. The van der Waals surface area contributed by atoms with E-state index in [-0.39, 0.29) is 29.6 Å². The number of aliphatic hydroxyl groups excluding tert-OH is 1. The lowest BCUT2D eigenvalue weighted by Gasteiger charge is -2.11. The van der Waals surface area contributed by atoms with Crippen LogP contribution in [-0.4, -0.2) is 33.9 Å². The summed E-state index contributed by atoms with van der Waals surface area (Å²) in [6, 6.07) is 0. The van der Waals surface area contributed by atoms with E-state index >= 15 is 0 Å². The van der Waals surface area contributed by atoms with Gasteiger partial charge in [0.25, 0.3) is 11.5 Å². The van der Waals surface area contributed by atoms with E-state index in [1.807, 2.05) is 6.92 Å². The second-order valence-electron chi connectivity index (χ2n) is 5.20. The maximum atomic E-state index is 12.1. The highest BCUT2D eigenvalue weighted by molar-refractivity contribution is 5.95. The van der Waals surface area contributed by atoms with E-state index in [4.69, 9.17) is 5.11 Å². The van der Waals surface area contributed by atoms with E-state index in [2.05, 4.69) is 10.4 Å². The largest absolute Gasteiger partial charge is 0.396 e. The van der Waals surface area contributed by atoms with E-state index in [0.717, 1.165) is 12.8 Å². The van der Waals surface area contributed by atoms with Crippen LogP contribution in [0.4, 0.5) is 0 Å². The third-order valence-corrected chi connectivity index (χ3v) is 3.42. The molecule has 0 aliphatic heterocycles. The fraction of sp³-hybridized carbons (Fsp3) is 0.643. The number of carbonyl (C=O) groups is 1. The maximum Gasteiger partial charge on any atom is 0.279 e. The van der Waals surface area contributed by atoms with E-state index in [9.17, 15) is 9.59 Å². The number of aromatic nitrogens is 2. The molecule has 2 N–H and O–H groups in total. The van der Waals surface area contributed by atoms with Crippen LogP contribution in [0.1, 0.15) is 41.4 Å². The van der Waals surface area contributed by atoms with Crippen LogP contribution in [0, 0.1) is 19.8 Å². The summed E-state index contributed by atoms with van der Waals surface area (Å²) in [5, 5.41) is 15.7. The summed E-state index contributed by atoms with van der Waals surface area (Å²) in [6.45, 7) is 6.10. The van der Waals surface area contributed by atoms with Crippen LogP contribution in [0.2, 0.25) is 0 Å². The zero-order valence-electron chi connectivity index (χ0n) is 12.6. The number of nitrogens with one attached hydrogen (secondary N) is 1. The molecule has 6 heteroatoms. The van der Waals surface area contributed by atoms with E-state index in [1.165, 1.54) is 11.7 Å². The standard InChI is InChI=1S/C14H23N3O3/c1-9(8-18)6-5-7-15-13(19)12-10(2)11(3)16-17(4)14(12)20/h9,18H,5-8H2,1-4H3,(H,15,19). The van der Waals surface area contributed by atoms with Crippen LogP contribution in [0.5, 0.6) is 0 Å². The van der Waals surface area contributed by atoms with Gasteiger partial charge >= 0.3 is 0 Å². The van der Waals surface area contributed by atoms with Gasteiger partial charge in [0.1, 0.15) is 5.56 Å². The molecule has 112 valence electrons. The van der Waals surface area contributed by atoms with Gasteiger partial charge in [0.2, 0.25) is 0 Å². The van der Waals surface area contributed by atoms with Gasteiger partial charge in [-0.15, -0.1) is 0 Å². The average molecular weight is 281 g/mol. The minimum Gasteiger partial charge on any atom is -0.396 e. The smallest absolute Gasteiger partial charge is 0.279 e. The quantitative estimate of drug-likeness (QED) is 0.745. The van der Waals surface area contributed by atoms with Gasteiger partial charge in [0.05, 0.1) is 5.69 Å². The molecule has 0 aliphatic carbocycles. The molecular formula is C14H23N3O3. The molecule has 1 amide bonds. The molecule has 1 rings (SSSR count). The van der Waals surface area contributed by atoms with Crippen molar-refractivity contribution in [3.63, 3.8) is 0 Å². The molecule has 0 spiro atoms. The first-order valence-electron chi connectivity index (χ1n) is 6.82. The molecule has 0 saturated carbocycles. The van der Waals surface area contributed by atoms with Crippen LogP contribution in [0.3, 0.4) is 0 Å². The number of hydrogen-bond acceptors (Lipinski definition) is 4. The zero-order valence-corrected chi connectivity index (χ0v) is 12.6. The van der Waals surface area contributed by atoms with Crippen LogP contribution in [-0.2, 0) is 7.05 Å². The third-order valence-electron chi connectivity index (χ3n) is 3.42. The molecule has 6 nitrogen and oxygen atoms in total. The Morgan fingerprint density at radius 2 is 2.10 bits per heavy atom. The predicted molar refractivity (Wildman–Crippen MR) is 76.8 cm³/mol. The summed E-state index contributed by atoms with van der Waals surface area (Å²) in [4.78, 5) is 24.1. The summed E-state index contributed by atoms with van der Waals surface area (Å²) in [5.74, 6) is -0.130. The highest BCUT2D eigenvalue weighted by Gasteiger charge is 2.17. The Hall–Kier alpha value is -1.69. The van der Waals surface area contributed by atoms with Crippen LogP contribution in [0.25, 0.3) is 0 Å². The number of rotatable bonds is 6. The first-order valence-corrected chi connectivity index (χ1v) is 6.82. The molecule has 0 radical (unpaired) electrons. The molecule has 0 aromatic carbocycles. The second-order valence-corrected chi connectivity index (χ2v) is 5.20. The summed E-state index contributed by atoms with van der Waals surface area (Å²) in [6.07, 6.45) is 1.61. The molecule has 1 aromatic rings.